The van der Waals surface area contributed by atoms with Gasteiger partial charge >= 0.3 is 0 Å². The summed E-state index contributed by atoms with van der Waals surface area (Å²) in [5, 5.41) is 3.33. The summed E-state index contributed by atoms with van der Waals surface area (Å²) in [6.45, 7) is 7.55. The van der Waals surface area contributed by atoms with E-state index in [0.717, 1.165) is 50.3 Å². The van der Waals surface area contributed by atoms with Crippen LogP contribution in [0.25, 0.3) is 0 Å². The first-order valence-electron chi connectivity index (χ1n) is 7.73. The number of anilines is 1. The van der Waals surface area contributed by atoms with Crippen molar-refractivity contribution in [3.8, 4) is 0 Å². The average molecular weight is 295 g/mol. The number of rotatable bonds is 6. The van der Waals surface area contributed by atoms with Crippen molar-refractivity contribution >= 4 is 5.82 Å². The number of piperidine rings is 1. The molecule has 1 fully saturated rings. The van der Waals surface area contributed by atoms with Crippen LogP contribution in [-0.2, 0) is 11.3 Å². The third kappa shape index (κ3) is 4.14. The molecule has 0 bridgehead atoms. The Balaban J connectivity index is 2.17. The van der Waals surface area contributed by atoms with Gasteiger partial charge in [0.2, 0.25) is 0 Å². The Bertz CT molecular complexity index is 469. The van der Waals surface area contributed by atoms with E-state index in [1.165, 1.54) is 6.20 Å². The van der Waals surface area contributed by atoms with Gasteiger partial charge in [0, 0.05) is 32.3 Å². The van der Waals surface area contributed by atoms with Crippen molar-refractivity contribution < 1.29 is 9.13 Å². The van der Waals surface area contributed by atoms with Crippen molar-refractivity contribution in [2.24, 2.45) is 0 Å². The highest BCUT2D eigenvalue weighted by Gasteiger charge is 2.32. The number of pyridine rings is 1. The largest absolute Gasteiger partial charge is 0.377 e. The van der Waals surface area contributed by atoms with Crippen LogP contribution < -0.4 is 10.2 Å². The lowest BCUT2D eigenvalue weighted by atomic mass is 9.94. The number of nitrogens with zero attached hydrogens (tertiary/aromatic N) is 2. The summed E-state index contributed by atoms with van der Waals surface area (Å²) >= 11 is 0. The van der Waals surface area contributed by atoms with E-state index in [2.05, 4.69) is 29.0 Å². The monoisotopic (exact) mass is 295 g/mol. The van der Waals surface area contributed by atoms with Crippen LogP contribution in [0.2, 0.25) is 0 Å². The van der Waals surface area contributed by atoms with Gasteiger partial charge < -0.3 is 15.0 Å². The van der Waals surface area contributed by atoms with Crippen LogP contribution in [0, 0.1) is 5.82 Å². The standard InChI is InChI=1S/C16H26FN3O/c1-4-7-18-10-13-9-14(17)11-19-15(13)20-8-5-6-16(2,12-20)21-3/h9,11,18H,4-8,10,12H2,1-3H3. The molecule has 0 spiro atoms. The first kappa shape index (κ1) is 16.2. The minimum atomic E-state index is -0.279. The fourth-order valence-corrected chi connectivity index (χ4v) is 2.84. The van der Waals surface area contributed by atoms with Crippen LogP contribution in [0.15, 0.2) is 12.3 Å². The molecule has 2 heterocycles. The van der Waals surface area contributed by atoms with E-state index in [4.69, 9.17) is 4.74 Å². The van der Waals surface area contributed by atoms with E-state index in [1.54, 1.807) is 13.2 Å². The number of ether oxygens (including phenoxy) is 1. The second-order valence-electron chi connectivity index (χ2n) is 5.99. The minimum absolute atomic E-state index is 0.150. The Morgan fingerprint density at radius 2 is 2.33 bits per heavy atom. The van der Waals surface area contributed by atoms with Gasteiger partial charge in [-0.25, -0.2) is 9.37 Å². The van der Waals surface area contributed by atoms with Gasteiger partial charge in [0.1, 0.15) is 11.6 Å². The summed E-state index contributed by atoms with van der Waals surface area (Å²) in [4.78, 5) is 6.55. The molecule has 1 aliphatic heterocycles. The molecule has 1 saturated heterocycles. The van der Waals surface area contributed by atoms with Crippen molar-refractivity contribution in [2.75, 3.05) is 31.6 Å². The van der Waals surface area contributed by atoms with Gasteiger partial charge in [-0.05, 0) is 38.8 Å². The van der Waals surface area contributed by atoms with Crippen LogP contribution in [0.1, 0.15) is 38.7 Å². The van der Waals surface area contributed by atoms with E-state index < -0.39 is 0 Å². The Hall–Kier alpha value is -1.20. The predicted octanol–water partition coefficient (Wildman–Crippen LogP) is 2.73. The van der Waals surface area contributed by atoms with E-state index >= 15 is 0 Å². The molecule has 0 radical (unpaired) electrons. The molecule has 1 aromatic rings. The predicted molar refractivity (Wildman–Crippen MR) is 83.1 cm³/mol. The second kappa shape index (κ2) is 7.18. The molecular formula is C16H26FN3O. The molecule has 1 aromatic heterocycles. The average Bonchev–Trinajstić information content (AvgIpc) is 2.48. The van der Waals surface area contributed by atoms with Crippen molar-refractivity contribution in [1.82, 2.24) is 10.3 Å². The normalized spacial score (nSPS) is 22.6. The quantitative estimate of drug-likeness (QED) is 0.819. The van der Waals surface area contributed by atoms with Gasteiger partial charge in [-0.15, -0.1) is 0 Å². The van der Waals surface area contributed by atoms with Crippen LogP contribution in [0.4, 0.5) is 10.2 Å². The third-order valence-electron chi connectivity index (χ3n) is 4.10. The summed E-state index contributed by atoms with van der Waals surface area (Å²) in [5.41, 5.74) is 0.770. The van der Waals surface area contributed by atoms with Gasteiger partial charge in [0.25, 0.3) is 0 Å². The molecule has 0 aromatic carbocycles. The maximum atomic E-state index is 13.5. The summed E-state index contributed by atoms with van der Waals surface area (Å²) in [6, 6.07) is 1.59. The van der Waals surface area contributed by atoms with Crippen LogP contribution in [-0.4, -0.2) is 37.3 Å². The van der Waals surface area contributed by atoms with E-state index in [-0.39, 0.29) is 11.4 Å². The number of halogens is 1. The zero-order valence-electron chi connectivity index (χ0n) is 13.3. The maximum Gasteiger partial charge on any atom is 0.141 e. The number of methoxy groups -OCH3 is 1. The van der Waals surface area contributed by atoms with Crippen LogP contribution in [0.3, 0.4) is 0 Å². The molecule has 4 nitrogen and oxygen atoms in total. The van der Waals surface area contributed by atoms with Crippen molar-refractivity contribution in [2.45, 2.75) is 45.3 Å². The van der Waals surface area contributed by atoms with Gasteiger partial charge in [-0.1, -0.05) is 6.92 Å². The molecule has 2 rings (SSSR count). The molecule has 1 atom stereocenters. The summed E-state index contributed by atoms with van der Waals surface area (Å²) < 4.78 is 19.1. The second-order valence-corrected chi connectivity index (χ2v) is 5.99. The van der Waals surface area contributed by atoms with Gasteiger partial charge in [-0.3, -0.25) is 0 Å². The van der Waals surface area contributed by atoms with E-state index in [1.807, 2.05) is 0 Å². The Morgan fingerprint density at radius 1 is 1.52 bits per heavy atom. The Morgan fingerprint density at radius 3 is 3.05 bits per heavy atom. The molecule has 0 amide bonds. The number of aromatic nitrogens is 1. The molecule has 5 heteroatoms. The molecular weight excluding hydrogens is 269 g/mol. The smallest absolute Gasteiger partial charge is 0.141 e. The molecule has 21 heavy (non-hydrogen) atoms. The molecule has 0 saturated carbocycles. The lowest BCUT2D eigenvalue weighted by Gasteiger charge is -2.40. The fraction of sp³-hybridized carbons (Fsp3) is 0.688. The summed E-state index contributed by atoms with van der Waals surface area (Å²) in [6.07, 6.45) is 4.47. The molecule has 0 aliphatic carbocycles. The maximum absolute atomic E-state index is 13.5. The Kier molecular flexibility index (Phi) is 5.53. The molecule has 1 aliphatic rings. The zero-order chi connectivity index (χ0) is 15.3. The van der Waals surface area contributed by atoms with Crippen LogP contribution >= 0.6 is 0 Å². The first-order valence-corrected chi connectivity index (χ1v) is 7.73. The number of hydrogen-bond donors (Lipinski definition) is 1. The van der Waals surface area contributed by atoms with Gasteiger partial charge in [-0.2, -0.15) is 0 Å². The van der Waals surface area contributed by atoms with Crippen molar-refractivity contribution in [3.63, 3.8) is 0 Å². The van der Waals surface area contributed by atoms with E-state index in [0.29, 0.717) is 6.54 Å². The highest BCUT2D eigenvalue weighted by molar-refractivity contribution is 5.47. The van der Waals surface area contributed by atoms with Crippen molar-refractivity contribution in [3.05, 3.63) is 23.6 Å². The van der Waals surface area contributed by atoms with Crippen LogP contribution in [0.5, 0.6) is 0 Å². The molecule has 118 valence electrons. The Labute approximate surface area is 126 Å². The first-order chi connectivity index (χ1) is 10.1. The minimum Gasteiger partial charge on any atom is -0.377 e. The zero-order valence-corrected chi connectivity index (χ0v) is 13.3. The van der Waals surface area contributed by atoms with Gasteiger partial charge in [0.15, 0.2) is 0 Å². The SMILES string of the molecule is CCCNCc1cc(F)cnc1N1CCCC(C)(OC)C1. The van der Waals surface area contributed by atoms with Crippen molar-refractivity contribution in [1.29, 1.82) is 0 Å². The molecule has 1 N–H and O–H groups in total. The summed E-state index contributed by atoms with van der Waals surface area (Å²) in [7, 11) is 1.76. The lowest BCUT2D eigenvalue weighted by molar-refractivity contribution is -0.00485. The lowest BCUT2D eigenvalue weighted by Crippen LogP contribution is -2.48. The fourth-order valence-electron chi connectivity index (χ4n) is 2.84. The topological polar surface area (TPSA) is 37.4 Å². The van der Waals surface area contributed by atoms with E-state index in [9.17, 15) is 4.39 Å². The number of hydrogen-bond acceptors (Lipinski definition) is 4. The highest BCUT2D eigenvalue weighted by atomic mass is 19.1. The highest BCUT2D eigenvalue weighted by Crippen LogP contribution is 2.29. The summed E-state index contributed by atoms with van der Waals surface area (Å²) in [5.74, 6) is 0.599. The molecule has 1 unspecified atom stereocenters. The van der Waals surface area contributed by atoms with Gasteiger partial charge in [0.05, 0.1) is 11.8 Å². The third-order valence-corrected chi connectivity index (χ3v) is 4.10. The number of nitrogens with one attached hydrogen (secondary N) is 1.